The summed E-state index contributed by atoms with van der Waals surface area (Å²) in [6.07, 6.45) is -4.74. The average molecular weight is 361 g/mol. The molecule has 0 aliphatic rings. The summed E-state index contributed by atoms with van der Waals surface area (Å²) in [5.74, 6) is -2.58. The number of benzene rings is 2. The van der Waals surface area contributed by atoms with E-state index in [0.29, 0.717) is 12.1 Å². The number of anilines is 1. The summed E-state index contributed by atoms with van der Waals surface area (Å²) in [4.78, 5) is 23.5. The highest BCUT2D eigenvalue weighted by Crippen LogP contribution is 2.30. The van der Waals surface area contributed by atoms with Crippen LogP contribution in [0.4, 0.5) is 28.0 Å². The van der Waals surface area contributed by atoms with Crippen molar-refractivity contribution in [1.82, 2.24) is 5.32 Å². The van der Waals surface area contributed by atoms with Gasteiger partial charge in [-0.25, -0.2) is 9.18 Å². The van der Waals surface area contributed by atoms with E-state index in [4.69, 9.17) is 11.6 Å². The molecule has 2 aromatic rings. The van der Waals surface area contributed by atoms with Crippen LogP contribution >= 0.6 is 11.6 Å². The Morgan fingerprint density at radius 2 is 1.71 bits per heavy atom. The van der Waals surface area contributed by atoms with Crippen molar-refractivity contribution in [3.8, 4) is 0 Å². The van der Waals surface area contributed by atoms with Gasteiger partial charge in [0.15, 0.2) is 0 Å². The van der Waals surface area contributed by atoms with Gasteiger partial charge in [0.2, 0.25) is 0 Å². The standard InChI is InChI=1S/C15H9ClF4N2O2/c16-10-3-1-2-4-12(10)21-14(24)22-13(23)9-6-5-8(7-11(9)17)15(18,19)20/h1-7H,(H2,21,22,23,24). The lowest BCUT2D eigenvalue weighted by molar-refractivity contribution is -0.137. The largest absolute Gasteiger partial charge is 0.416 e. The summed E-state index contributed by atoms with van der Waals surface area (Å²) in [5.41, 5.74) is -1.73. The molecule has 2 rings (SSSR count). The Morgan fingerprint density at radius 3 is 2.29 bits per heavy atom. The zero-order chi connectivity index (χ0) is 17.9. The second kappa shape index (κ2) is 6.88. The predicted molar refractivity (Wildman–Crippen MR) is 79.3 cm³/mol. The quantitative estimate of drug-likeness (QED) is 0.777. The third kappa shape index (κ3) is 4.23. The molecule has 126 valence electrons. The fraction of sp³-hybridized carbons (Fsp3) is 0.0667. The topological polar surface area (TPSA) is 58.2 Å². The maximum atomic E-state index is 13.7. The summed E-state index contributed by atoms with van der Waals surface area (Å²) < 4.78 is 51.0. The minimum Gasteiger partial charge on any atom is -0.306 e. The van der Waals surface area contributed by atoms with Crippen molar-refractivity contribution in [2.45, 2.75) is 6.18 Å². The van der Waals surface area contributed by atoms with E-state index in [1.807, 2.05) is 0 Å². The molecule has 2 aromatic carbocycles. The maximum Gasteiger partial charge on any atom is 0.416 e. The first-order valence-corrected chi connectivity index (χ1v) is 6.80. The number of halogens is 5. The van der Waals surface area contributed by atoms with Gasteiger partial charge in [-0.05, 0) is 30.3 Å². The van der Waals surface area contributed by atoms with Gasteiger partial charge < -0.3 is 5.32 Å². The molecule has 24 heavy (non-hydrogen) atoms. The molecule has 3 amide bonds. The van der Waals surface area contributed by atoms with Gasteiger partial charge in [-0.15, -0.1) is 0 Å². The van der Waals surface area contributed by atoms with Crippen molar-refractivity contribution >= 4 is 29.2 Å². The SMILES string of the molecule is O=C(NC(=O)c1ccc(C(F)(F)F)cc1F)Nc1ccccc1Cl. The van der Waals surface area contributed by atoms with Crippen LogP contribution in [0.15, 0.2) is 42.5 Å². The van der Waals surface area contributed by atoms with Crippen LogP contribution in [-0.2, 0) is 6.18 Å². The summed E-state index contributed by atoms with van der Waals surface area (Å²) in [7, 11) is 0. The minimum absolute atomic E-state index is 0.181. The number of nitrogens with one attached hydrogen (secondary N) is 2. The predicted octanol–water partition coefficient (Wildman–Crippen LogP) is 4.46. The van der Waals surface area contributed by atoms with Gasteiger partial charge in [0.05, 0.1) is 21.8 Å². The first-order valence-electron chi connectivity index (χ1n) is 6.42. The Balaban J connectivity index is 2.10. The van der Waals surface area contributed by atoms with E-state index in [0.717, 1.165) is 0 Å². The van der Waals surface area contributed by atoms with Gasteiger partial charge in [0.1, 0.15) is 5.82 Å². The summed E-state index contributed by atoms with van der Waals surface area (Å²) >= 11 is 5.81. The number of amides is 3. The lowest BCUT2D eigenvalue weighted by Gasteiger charge is -2.10. The summed E-state index contributed by atoms with van der Waals surface area (Å²) in [6.45, 7) is 0. The zero-order valence-corrected chi connectivity index (χ0v) is 12.5. The highest BCUT2D eigenvalue weighted by molar-refractivity contribution is 6.33. The lowest BCUT2D eigenvalue weighted by atomic mass is 10.1. The lowest BCUT2D eigenvalue weighted by Crippen LogP contribution is -2.35. The smallest absolute Gasteiger partial charge is 0.306 e. The van der Waals surface area contributed by atoms with Crippen molar-refractivity contribution in [1.29, 1.82) is 0 Å². The van der Waals surface area contributed by atoms with Gasteiger partial charge >= 0.3 is 12.2 Å². The normalized spacial score (nSPS) is 11.0. The van der Waals surface area contributed by atoms with Crippen LogP contribution in [0, 0.1) is 5.82 Å². The van der Waals surface area contributed by atoms with Gasteiger partial charge in [-0.2, -0.15) is 13.2 Å². The van der Waals surface area contributed by atoms with Gasteiger partial charge in [0, 0.05) is 0 Å². The first kappa shape index (κ1) is 17.7. The molecule has 0 bridgehead atoms. The van der Waals surface area contributed by atoms with Crippen molar-refractivity contribution in [2.24, 2.45) is 0 Å². The molecular formula is C15H9ClF4N2O2. The van der Waals surface area contributed by atoms with Gasteiger partial charge in [-0.1, -0.05) is 23.7 Å². The Bertz CT molecular complexity index is 793. The highest BCUT2D eigenvalue weighted by atomic mass is 35.5. The molecule has 2 N–H and O–H groups in total. The van der Waals surface area contributed by atoms with Crippen molar-refractivity contribution < 1.29 is 27.2 Å². The second-order valence-electron chi connectivity index (χ2n) is 4.58. The van der Waals surface area contributed by atoms with E-state index >= 15 is 0 Å². The Hall–Kier alpha value is -2.61. The van der Waals surface area contributed by atoms with E-state index < -0.39 is 35.1 Å². The molecular weight excluding hydrogens is 352 g/mol. The second-order valence-corrected chi connectivity index (χ2v) is 4.99. The number of hydrogen-bond donors (Lipinski definition) is 2. The minimum atomic E-state index is -4.74. The molecule has 0 heterocycles. The fourth-order valence-corrected chi connectivity index (χ4v) is 1.95. The number of imide groups is 1. The van der Waals surface area contributed by atoms with Crippen LogP contribution in [0.2, 0.25) is 5.02 Å². The molecule has 0 radical (unpaired) electrons. The van der Waals surface area contributed by atoms with E-state index in [9.17, 15) is 27.2 Å². The third-order valence-corrected chi connectivity index (χ3v) is 3.22. The van der Waals surface area contributed by atoms with E-state index in [1.54, 1.807) is 17.4 Å². The number of carbonyl (C=O) groups excluding carboxylic acids is 2. The fourth-order valence-electron chi connectivity index (χ4n) is 1.76. The number of urea groups is 1. The Morgan fingerprint density at radius 1 is 1.04 bits per heavy atom. The molecule has 0 aromatic heterocycles. The van der Waals surface area contributed by atoms with Gasteiger partial charge in [-0.3, -0.25) is 10.1 Å². The van der Waals surface area contributed by atoms with Crippen LogP contribution in [0.1, 0.15) is 15.9 Å². The first-order chi connectivity index (χ1) is 11.2. The zero-order valence-electron chi connectivity index (χ0n) is 11.7. The van der Waals surface area contributed by atoms with Crippen molar-refractivity contribution in [3.05, 3.63) is 64.4 Å². The molecule has 0 fully saturated rings. The molecule has 9 heteroatoms. The molecule has 0 spiro atoms. The van der Waals surface area contributed by atoms with Crippen LogP contribution in [-0.4, -0.2) is 11.9 Å². The monoisotopic (exact) mass is 360 g/mol. The number of alkyl halides is 3. The van der Waals surface area contributed by atoms with E-state index in [-0.39, 0.29) is 16.8 Å². The van der Waals surface area contributed by atoms with Crippen molar-refractivity contribution in [3.63, 3.8) is 0 Å². The molecule has 0 atom stereocenters. The van der Waals surface area contributed by atoms with Crippen molar-refractivity contribution in [2.75, 3.05) is 5.32 Å². The number of hydrogen-bond acceptors (Lipinski definition) is 2. The van der Waals surface area contributed by atoms with Crippen LogP contribution in [0.25, 0.3) is 0 Å². The molecule has 0 saturated carbocycles. The maximum absolute atomic E-state index is 13.7. The van der Waals surface area contributed by atoms with Gasteiger partial charge in [0.25, 0.3) is 5.91 Å². The molecule has 0 saturated heterocycles. The van der Waals surface area contributed by atoms with Crippen LogP contribution < -0.4 is 10.6 Å². The summed E-state index contributed by atoms with van der Waals surface area (Å²) in [5, 5.41) is 4.27. The van der Waals surface area contributed by atoms with E-state index in [2.05, 4.69) is 5.32 Å². The highest BCUT2D eigenvalue weighted by Gasteiger charge is 2.31. The van der Waals surface area contributed by atoms with Crippen LogP contribution in [0.3, 0.4) is 0 Å². The molecule has 0 unspecified atom stereocenters. The number of para-hydroxylation sites is 1. The Kier molecular flexibility index (Phi) is 5.08. The third-order valence-electron chi connectivity index (χ3n) is 2.89. The number of carbonyl (C=O) groups is 2. The van der Waals surface area contributed by atoms with Crippen LogP contribution in [0.5, 0.6) is 0 Å². The molecule has 4 nitrogen and oxygen atoms in total. The Labute approximate surface area is 138 Å². The van der Waals surface area contributed by atoms with E-state index in [1.165, 1.54) is 12.1 Å². The average Bonchev–Trinajstić information content (AvgIpc) is 2.48. The molecule has 0 aliphatic carbocycles. The molecule has 0 aliphatic heterocycles. The summed E-state index contributed by atoms with van der Waals surface area (Å²) in [6, 6.07) is 6.53. The number of rotatable bonds is 2.